The molecule has 0 saturated heterocycles. The van der Waals surface area contributed by atoms with Crippen molar-refractivity contribution in [1.82, 2.24) is 4.57 Å². The third-order valence-electron chi connectivity index (χ3n) is 21.8. The first-order chi connectivity index (χ1) is 45.1. The lowest BCUT2D eigenvalue weighted by Crippen LogP contribution is -2.61. The van der Waals surface area contributed by atoms with E-state index in [1.54, 1.807) is 0 Å². The second-order valence-corrected chi connectivity index (χ2v) is 33.4. The molecule has 472 valence electrons. The van der Waals surface area contributed by atoms with E-state index in [1.807, 2.05) is 0 Å². The predicted octanol–water partition coefficient (Wildman–Crippen LogP) is 23.3. The molecule has 3 aliphatic rings. The lowest BCUT2D eigenvalue weighted by molar-refractivity contribution is 0.332. The maximum atomic E-state index is 6.87. The Morgan fingerprint density at radius 3 is 1.26 bits per heavy atom. The summed E-state index contributed by atoms with van der Waals surface area (Å²) in [6.07, 6.45) is 2.36. The molecule has 0 saturated carbocycles. The van der Waals surface area contributed by atoms with Gasteiger partial charge in [-0.15, -0.1) is 0 Å². The van der Waals surface area contributed by atoms with Gasteiger partial charge in [-0.05, 0) is 195 Å². The Morgan fingerprint density at radius 2 is 0.747 bits per heavy atom. The average Bonchev–Trinajstić information content (AvgIpc) is 1.22. The first-order valence-electron chi connectivity index (χ1n) is 34.6. The Labute approximate surface area is 563 Å². The minimum absolute atomic E-state index is 0.0611. The van der Waals surface area contributed by atoms with Crippen molar-refractivity contribution < 1.29 is 4.42 Å². The van der Waals surface area contributed by atoms with Gasteiger partial charge in [-0.2, -0.15) is 0 Å². The van der Waals surface area contributed by atoms with Crippen LogP contribution in [0.15, 0.2) is 223 Å². The summed E-state index contributed by atoms with van der Waals surface area (Å²) in [5.41, 5.74) is 31.3. The van der Waals surface area contributed by atoms with Gasteiger partial charge < -0.3 is 18.8 Å². The molecule has 1 aliphatic carbocycles. The fraction of sp³-hybridized carbons (Fsp3) is 0.267. The summed E-state index contributed by atoms with van der Waals surface area (Å²) < 4.78 is 9.39. The van der Waals surface area contributed by atoms with Gasteiger partial charge in [0, 0.05) is 61.7 Å². The highest BCUT2D eigenvalue weighted by molar-refractivity contribution is 7.00. The molecular formula is C90H88BN3O. The van der Waals surface area contributed by atoms with Crippen molar-refractivity contribution in [1.29, 1.82) is 0 Å². The Morgan fingerprint density at radius 1 is 0.326 bits per heavy atom. The van der Waals surface area contributed by atoms with Crippen molar-refractivity contribution in [3.05, 3.63) is 252 Å². The Kier molecular flexibility index (Phi) is 13.5. The molecule has 0 fully saturated rings. The minimum Gasteiger partial charge on any atom is -0.456 e. The minimum atomic E-state index is -0.151. The number of fused-ring (bicyclic) bond motifs is 11. The first kappa shape index (κ1) is 60.6. The van der Waals surface area contributed by atoms with Crippen LogP contribution >= 0.6 is 0 Å². The van der Waals surface area contributed by atoms with Crippen LogP contribution in [0.5, 0.6) is 0 Å². The van der Waals surface area contributed by atoms with Gasteiger partial charge in [-0.3, -0.25) is 0 Å². The fourth-order valence-corrected chi connectivity index (χ4v) is 16.0. The van der Waals surface area contributed by atoms with Crippen molar-refractivity contribution in [2.75, 3.05) is 9.80 Å². The van der Waals surface area contributed by atoms with Gasteiger partial charge in [0.1, 0.15) is 11.2 Å². The highest BCUT2D eigenvalue weighted by Gasteiger charge is 2.45. The highest BCUT2D eigenvalue weighted by atomic mass is 16.3. The molecule has 0 bridgehead atoms. The van der Waals surface area contributed by atoms with Crippen LogP contribution in [0.2, 0.25) is 0 Å². The molecule has 0 amide bonds. The number of benzene rings is 11. The molecule has 4 heterocycles. The molecule has 5 heteroatoms. The molecule has 0 unspecified atom stereocenters. The molecule has 4 nitrogen and oxygen atoms in total. The van der Waals surface area contributed by atoms with E-state index in [0.29, 0.717) is 0 Å². The maximum absolute atomic E-state index is 6.87. The Balaban J connectivity index is 1.01. The van der Waals surface area contributed by atoms with E-state index in [1.165, 1.54) is 123 Å². The van der Waals surface area contributed by atoms with Crippen LogP contribution in [0.25, 0.3) is 82.8 Å². The van der Waals surface area contributed by atoms with E-state index < -0.39 is 0 Å². The first-order valence-corrected chi connectivity index (χ1v) is 34.6. The molecule has 2 aromatic heterocycles. The fourth-order valence-electron chi connectivity index (χ4n) is 16.0. The van der Waals surface area contributed by atoms with Crippen LogP contribution in [0.4, 0.5) is 34.1 Å². The van der Waals surface area contributed by atoms with Crippen LogP contribution in [0.1, 0.15) is 157 Å². The Bertz CT molecular complexity index is 5190. The van der Waals surface area contributed by atoms with E-state index in [4.69, 9.17) is 4.42 Å². The van der Waals surface area contributed by atoms with Crippen molar-refractivity contribution in [3.63, 3.8) is 0 Å². The van der Waals surface area contributed by atoms with E-state index in [2.05, 4.69) is 344 Å². The van der Waals surface area contributed by atoms with Gasteiger partial charge >= 0.3 is 0 Å². The standard InChI is InChI=1S/C90H88BN3O/c1-85(2,3)61-43-59(44-62(50-61)86(4,5)6)57-32-39-74-78(48-57)92(65-34-29-55(30-35-65)56-31-38-72-73(47-56)90(15,16)42-41-89(72,13)14)80-52-67(94-76-26-20-17-23-68(76)69-24-18-21-27-77(69)94)53-81-84(80)91(74)75-40-33-58(60-45-63(87(7,8)9)51-64(46-60)88(10,11)12)49-79(75)93(81)66-36-37-71-70-25-19-22-28-82(70)95-83(71)54-66/h17-40,43-54H,41-42H2,1-16H3. The number of aromatic nitrogens is 1. The number of furan rings is 1. The van der Waals surface area contributed by atoms with Crippen molar-refractivity contribution in [2.45, 2.75) is 156 Å². The molecule has 0 atom stereocenters. The van der Waals surface area contributed by atoms with Crippen LogP contribution < -0.4 is 26.2 Å². The molecule has 13 aromatic rings. The Hall–Kier alpha value is -9.32. The lowest BCUT2D eigenvalue weighted by Gasteiger charge is -2.44. The summed E-state index contributed by atoms with van der Waals surface area (Å²) in [7, 11) is 0. The molecule has 16 rings (SSSR count). The van der Waals surface area contributed by atoms with Crippen molar-refractivity contribution >= 4 is 101 Å². The lowest BCUT2D eigenvalue weighted by atomic mass is 9.33. The number of hydrogen-bond acceptors (Lipinski definition) is 3. The molecule has 95 heavy (non-hydrogen) atoms. The van der Waals surface area contributed by atoms with Gasteiger partial charge in [0.15, 0.2) is 0 Å². The third-order valence-corrected chi connectivity index (χ3v) is 21.8. The normalized spacial score (nSPS) is 15.2. The van der Waals surface area contributed by atoms with Gasteiger partial charge in [-0.1, -0.05) is 256 Å². The topological polar surface area (TPSA) is 24.6 Å². The number of rotatable bonds is 6. The maximum Gasteiger partial charge on any atom is 0.252 e. The molecule has 0 N–H and O–H groups in total. The number of anilines is 6. The van der Waals surface area contributed by atoms with E-state index in [-0.39, 0.29) is 39.2 Å². The largest absolute Gasteiger partial charge is 0.456 e. The summed E-state index contributed by atoms with van der Waals surface area (Å²) in [5.74, 6) is 0. The zero-order chi connectivity index (χ0) is 66.2. The second kappa shape index (κ2) is 21.1. The second-order valence-electron chi connectivity index (χ2n) is 33.4. The summed E-state index contributed by atoms with van der Waals surface area (Å²) >= 11 is 0. The third kappa shape index (κ3) is 9.99. The van der Waals surface area contributed by atoms with Gasteiger partial charge in [0.05, 0.1) is 16.7 Å². The molecule has 11 aromatic carbocycles. The molecule has 0 spiro atoms. The number of nitrogens with zero attached hydrogens (tertiary/aromatic N) is 3. The quantitative estimate of drug-likeness (QED) is 0.155. The van der Waals surface area contributed by atoms with Crippen molar-refractivity contribution in [2.24, 2.45) is 0 Å². The van der Waals surface area contributed by atoms with Gasteiger partial charge in [0.2, 0.25) is 0 Å². The summed E-state index contributed by atoms with van der Waals surface area (Å²) in [4.78, 5) is 5.21. The van der Waals surface area contributed by atoms with E-state index in [0.717, 1.165) is 56.1 Å². The summed E-state index contributed by atoms with van der Waals surface area (Å²) in [6, 6.07) is 84.7. The summed E-state index contributed by atoms with van der Waals surface area (Å²) in [5, 5.41) is 4.68. The zero-order valence-corrected chi connectivity index (χ0v) is 58.5. The van der Waals surface area contributed by atoms with Gasteiger partial charge in [-0.25, -0.2) is 0 Å². The molecule has 2 aliphatic heterocycles. The van der Waals surface area contributed by atoms with Crippen LogP contribution in [-0.2, 0) is 32.5 Å². The van der Waals surface area contributed by atoms with Crippen LogP contribution in [0, 0.1) is 0 Å². The smallest absolute Gasteiger partial charge is 0.252 e. The predicted molar refractivity (Wildman–Crippen MR) is 408 cm³/mol. The van der Waals surface area contributed by atoms with Crippen LogP contribution in [-0.4, -0.2) is 11.3 Å². The molecular weight excluding hydrogens is 1150 g/mol. The van der Waals surface area contributed by atoms with Crippen LogP contribution in [0.3, 0.4) is 0 Å². The highest BCUT2D eigenvalue weighted by Crippen LogP contribution is 2.51. The number of hydrogen-bond donors (Lipinski definition) is 0. The molecule has 0 radical (unpaired) electrons. The van der Waals surface area contributed by atoms with Gasteiger partial charge in [0.25, 0.3) is 6.71 Å². The van der Waals surface area contributed by atoms with E-state index in [9.17, 15) is 0 Å². The zero-order valence-electron chi connectivity index (χ0n) is 58.5. The number of para-hydroxylation sites is 3. The van der Waals surface area contributed by atoms with Crippen molar-refractivity contribution in [3.8, 4) is 39.1 Å². The van der Waals surface area contributed by atoms with E-state index >= 15 is 0 Å². The monoisotopic (exact) mass is 1240 g/mol. The SMILES string of the molecule is CC(C)(C)c1cc(-c2ccc3c(c2)N(c2ccc(-c4ccc5c(c4)C(C)(C)CCC5(C)C)cc2)c2cc(-n4c5ccccc5c5ccccc54)cc4c2B3c2ccc(-c3cc(C(C)(C)C)cc(C(C)(C)C)c3)cc2N4c2ccc3c(c2)oc2ccccc23)cc(C(C)(C)C)c1. The average molecular weight is 1240 g/mol. The summed E-state index contributed by atoms with van der Waals surface area (Å²) in [6.45, 7) is 37.7.